The fourth-order valence-electron chi connectivity index (χ4n) is 1.44. The van der Waals surface area contributed by atoms with E-state index in [2.05, 4.69) is 15.6 Å². The van der Waals surface area contributed by atoms with E-state index in [9.17, 15) is 4.79 Å². The molecule has 0 saturated carbocycles. The number of amides is 1. The Hall–Kier alpha value is -1.41. The highest BCUT2D eigenvalue weighted by molar-refractivity contribution is 7.80. The molecule has 0 spiro atoms. The summed E-state index contributed by atoms with van der Waals surface area (Å²) in [5.41, 5.74) is 0. The smallest absolute Gasteiger partial charge is 0.266 e. The van der Waals surface area contributed by atoms with Crippen LogP contribution in [0.1, 0.15) is 6.92 Å². The van der Waals surface area contributed by atoms with Crippen molar-refractivity contribution < 1.29 is 9.53 Å². The number of hydrogen-bond donors (Lipinski definition) is 2. The third-order valence-electron chi connectivity index (χ3n) is 2.46. The zero-order valence-corrected chi connectivity index (χ0v) is 14.4. The average Bonchev–Trinajstić information content (AvgIpc) is 2.94. The van der Waals surface area contributed by atoms with Gasteiger partial charge in [-0.25, -0.2) is 4.98 Å². The molecule has 1 amide bonds. The van der Waals surface area contributed by atoms with Gasteiger partial charge in [-0.3, -0.25) is 10.1 Å². The van der Waals surface area contributed by atoms with Crippen molar-refractivity contribution in [3.05, 3.63) is 39.8 Å². The summed E-state index contributed by atoms with van der Waals surface area (Å²) in [6.45, 7) is 1.59. The van der Waals surface area contributed by atoms with Crippen LogP contribution in [0.25, 0.3) is 0 Å². The van der Waals surface area contributed by atoms with Crippen molar-refractivity contribution >= 4 is 62.9 Å². The van der Waals surface area contributed by atoms with Crippen LogP contribution in [0.2, 0.25) is 10.0 Å². The van der Waals surface area contributed by atoms with Crippen LogP contribution in [0.4, 0.5) is 5.13 Å². The van der Waals surface area contributed by atoms with Gasteiger partial charge >= 0.3 is 0 Å². The second kappa shape index (κ2) is 7.73. The molecule has 0 aliphatic rings. The molecule has 22 heavy (non-hydrogen) atoms. The second-order valence-corrected chi connectivity index (χ2v) is 6.26. The Bertz CT molecular complexity index is 680. The predicted octanol–water partition coefficient (Wildman–Crippen LogP) is 3.73. The molecule has 116 valence electrons. The van der Waals surface area contributed by atoms with E-state index < -0.39 is 12.0 Å². The zero-order chi connectivity index (χ0) is 16.1. The topological polar surface area (TPSA) is 63.2 Å². The molecule has 2 N–H and O–H groups in total. The van der Waals surface area contributed by atoms with Crippen LogP contribution in [0.3, 0.4) is 0 Å². The maximum atomic E-state index is 12.0. The van der Waals surface area contributed by atoms with E-state index in [-0.39, 0.29) is 5.11 Å². The number of thiocarbonyl (C=S) groups is 1. The number of carbonyl (C=O) groups is 1. The van der Waals surface area contributed by atoms with E-state index in [0.29, 0.717) is 20.9 Å². The Kier molecular flexibility index (Phi) is 5.96. The number of anilines is 1. The Morgan fingerprint density at radius 1 is 1.45 bits per heavy atom. The van der Waals surface area contributed by atoms with Gasteiger partial charge in [-0.1, -0.05) is 23.2 Å². The minimum absolute atomic E-state index is 0.151. The number of nitrogens with one attached hydrogen (secondary N) is 2. The molecule has 5 nitrogen and oxygen atoms in total. The first-order valence-corrected chi connectivity index (χ1v) is 8.13. The molecule has 1 atom stereocenters. The maximum Gasteiger partial charge on any atom is 0.266 e. The van der Waals surface area contributed by atoms with Gasteiger partial charge in [0.25, 0.3) is 5.91 Å². The molecule has 2 rings (SSSR count). The van der Waals surface area contributed by atoms with Gasteiger partial charge in [-0.2, -0.15) is 0 Å². The number of thiazole rings is 1. The number of ether oxygens (including phenoxy) is 1. The first-order chi connectivity index (χ1) is 10.5. The van der Waals surface area contributed by atoms with E-state index in [1.165, 1.54) is 17.4 Å². The first kappa shape index (κ1) is 17.0. The van der Waals surface area contributed by atoms with Crippen molar-refractivity contribution in [3.8, 4) is 5.75 Å². The first-order valence-electron chi connectivity index (χ1n) is 6.09. The molecule has 0 saturated heterocycles. The highest BCUT2D eigenvalue weighted by Crippen LogP contribution is 2.28. The van der Waals surface area contributed by atoms with Crippen LogP contribution in [-0.4, -0.2) is 22.1 Å². The van der Waals surface area contributed by atoms with Gasteiger partial charge in [0.2, 0.25) is 0 Å². The zero-order valence-electron chi connectivity index (χ0n) is 11.3. The lowest BCUT2D eigenvalue weighted by Gasteiger charge is -2.16. The molecular formula is C13H11Cl2N3O2S2. The average molecular weight is 376 g/mol. The van der Waals surface area contributed by atoms with Gasteiger partial charge in [0.1, 0.15) is 5.75 Å². The molecule has 1 unspecified atom stereocenters. The van der Waals surface area contributed by atoms with Gasteiger partial charge in [-0.05, 0) is 37.3 Å². The Morgan fingerprint density at radius 3 is 2.86 bits per heavy atom. The fourth-order valence-corrected chi connectivity index (χ4v) is 2.69. The lowest BCUT2D eigenvalue weighted by atomic mass is 10.3. The Morgan fingerprint density at radius 2 is 2.23 bits per heavy atom. The summed E-state index contributed by atoms with van der Waals surface area (Å²) in [6.07, 6.45) is 0.848. The van der Waals surface area contributed by atoms with Gasteiger partial charge in [0, 0.05) is 16.6 Å². The minimum Gasteiger partial charge on any atom is -0.479 e. The van der Waals surface area contributed by atoms with Gasteiger partial charge in [0.15, 0.2) is 16.3 Å². The summed E-state index contributed by atoms with van der Waals surface area (Å²) in [4.78, 5) is 16.0. The number of benzene rings is 1. The Labute approximate surface area is 146 Å². The standard InChI is InChI=1S/C13H11Cl2N3O2S2/c1-7(20-10-3-2-8(14)6-9(10)15)11(19)17-12(21)18-13-16-4-5-22-13/h2-7H,1H3,(H2,16,17,18,19,21). The van der Waals surface area contributed by atoms with Crippen LogP contribution in [0, 0.1) is 0 Å². The van der Waals surface area contributed by atoms with E-state index in [4.69, 9.17) is 40.2 Å². The quantitative estimate of drug-likeness (QED) is 0.797. The molecular weight excluding hydrogens is 365 g/mol. The summed E-state index contributed by atoms with van der Waals surface area (Å²) in [5, 5.41) is 8.68. The van der Waals surface area contributed by atoms with Crippen molar-refractivity contribution in [1.29, 1.82) is 0 Å². The largest absolute Gasteiger partial charge is 0.479 e. The van der Waals surface area contributed by atoms with Gasteiger partial charge in [0.05, 0.1) is 5.02 Å². The number of nitrogens with zero attached hydrogens (tertiary/aromatic N) is 1. The number of rotatable bonds is 4. The molecule has 0 aliphatic carbocycles. The monoisotopic (exact) mass is 375 g/mol. The molecule has 0 aliphatic heterocycles. The molecule has 2 aromatic rings. The van der Waals surface area contributed by atoms with Crippen LogP contribution in [0.5, 0.6) is 5.75 Å². The summed E-state index contributed by atoms with van der Waals surface area (Å²) in [5.74, 6) is -0.0346. The molecule has 1 aromatic carbocycles. The second-order valence-electron chi connectivity index (χ2n) is 4.12. The van der Waals surface area contributed by atoms with Gasteiger partial charge in [-0.15, -0.1) is 11.3 Å². The highest BCUT2D eigenvalue weighted by atomic mass is 35.5. The third-order valence-corrected chi connectivity index (χ3v) is 3.88. The number of halogens is 2. The molecule has 0 bridgehead atoms. The Balaban J connectivity index is 1.90. The van der Waals surface area contributed by atoms with Gasteiger partial charge < -0.3 is 10.1 Å². The number of aromatic nitrogens is 1. The van der Waals surface area contributed by atoms with Crippen molar-refractivity contribution in [2.45, 2.75) is 13.0 Å². The van der Waals surface area contributed by atoms with Crippen LogP contribution >= 0.6 is 46.8 Å². The summed E-state index contributed by atoms with van der Waals surface area (Å²) in [7, 11) is 0. The fraction of sp³-hybridized carbons (Fsp3) is 0.154. The lowest BCUT2D eigenvalue weighted by molar-refractivity contribution is -0.125. The minimum atomic E-state index is -0.783. The molecule has 1 aromatic heterocycles. The third kappa shape index (κ3) is 4.81. The van der Waals surface area contributed by atoms with Crippen LogP contribution < -0.4 is 15.4 Å². The number of carbonyl (C=O) groups excluding carboxylic acids is 1. The molecule has 0 radical (unpaired) electrons. The predicted molar refractivity (Wildman–Crippen MR) is 93.0 cm³/mol. The number of hydrogen-bond acceptors (Lipinski definition) is 5. The van der Waals surface area contributed by atoms with Crippen LogP contribution in [0.15, 0.2) is 29.8 Å². The molecule has 1 heterocycles. The normalized spacial score (nSPS) is 11.6. The molecule has 9 heteroatoms. The van der Waals surface area contributed by atoms with Crippen molar-refractivity contribution in [2.24, 2.45) is 0 Å². The van der Waals surface area contributed by atoms with E-state index in [0.717, 1.165) is 0 Å². The van der Waals surface area contributed by atoms with E-state index >= 15 is 0 Å². The van der Waals surface area contributed by atoms with Crippen molar-refractivity contribution in [3.63, 3.8) is 0 Å². The summed E-state index contributed by atoms with van der Waals surface area (Å²) in [6, 6.07) is 4.76. The highest BCUT2D eigenvalue weighted by Gasteiger charge is 2.17. The maximum absolute atomic E-state index is 12.0. The molecule has 0 fully saturated rings. The van der Waals surface area contributed by atoms with Crippen LogP contribution in [-0.2, 0) is 4.79 Å². The van der Waals surface area contributed by atoms with E-state index in [1.807, 2.05) is 0 Å². The SMILES string of the molecule is CC(Oc1ccc(Cl)cc1Cl)C(=O)NC(=S)Nc1nccs1. The van der Waals surface area contributed by atoms with E-state index in [1.54, 1.807) is 30.6 Å². The van der Waals surface area contributed by atoms with Crippen molar-refractivity contribution in [1.82, 2.24) is 10.3 Å². The summed E-state index contributed by atoms with van der Waals surface area (Å²) < 4.78 is 5.49. The lowest BCUT2D eigenvalue weighted by Crippen LogP contribution is -2.42. The summed E-state index contributed by atoms with van der Waals surface area (Å²) >= 11 is 18.2. The van der Waals surface area contributed by atoms with Crippen molar-refractivity contribution in [2.75, 3.05) is 5.32 Å².